The third-order valence-corrected chi connectivity index (χ3v) is 4.99. The van der Waals surface area contributed by atoms with E-state index in [0.717, 1.165) is 12.0 Å². The van der Waals surface area contributed by atoms with Crippen molar-refractivity contribution in [1.82, 2.24) is 0 Å². The van der Waals surface area contributed by atoms with Gasteiger partial charge in [0.15, 0.2) is 5.57 Å². The quantitative estimate of drug-likeness (QED) is 0.530. The summed E-state index contributed by atoms with van der Waals surface area (Å²) in [7, 11) is 2.22. The van der Waals surface area contributed by atoms with Gasteiger partial charge in [0.1, 0.15) is 15.7 Å². The molecule has 0 atom stereocenters. The Bertz CT molecular complexity index is 848. The van der Waals surface area contributed by atoms with Crippen LogP contribution in [-0.4, -0.2) is 38.9 Å². The van der Waals surface area contributed by atoms with E-state index in [1.54, 1.807) is 25.1 Å². The van der Waals surface area contributed by atoms with Crippen LogP contribution in [0.2, 0.25) is 0 Å². The van der Waals surface area contributed by atoms with E-state index in [9.17, 15) is 22.8 Å². The zero-order valence-corrected chi connectivity index (χ0v) is 16.4. The molecular weight excluding hydrogens is 399 g/mol. The maximum atomic E-state index is 13.7. The first-order chi connectivity index (χ1) is 13.2. The molecule has 28 heavy (non-hydrogen) atoms. The van der Waals surface area contributed by atoms with Gasteiger partial charge in [-0.15, -0.1) is 0 Å². The fourth-order valence-electron chi connectivity index (χ4n) is 2.55. The van der Waals surface area contributed by atoms with Crippen LogP contribution >= 0.6 is 11.8 Å². The van der Waals surface area contributed by atoms with Crippen molar-refractivity contribution in [3.63, 3.8) is 0 Å². The minimum absolute atomic E-state index is 0.0486. The largest absolute Gasteiger partial charge is 0.495 e. The first kappa shape index (κ1) is 21.7. The highest BCUT2D eigenvalue weighted by Gasteiger charge is 2.47. The maximum Gasteiger partial charge on any atom is 0.425 e. The van der Waals surface area contributed by atoms with Crippen molar-refractivity contribution in [3.8, 4) is 5.75 Å². The summed E-state index contributed by atoms with van der Waals surface area (Å²) in [4.78, 5) is 25.3. The molecule has 152 valence electrons. The lowest BCUT2D eigenvalue weighted by atomic mass is 10.2. The molecule has 1 aromatic rings. The highest BCUT2D eigenvalue weighted by Crippen LogP contribution is 2.50. The number of hydrogen-bond donors (Lipinski definition) is 0. The fourth-order valence-corrected chi connectivity index (χ4v) is 3.75. The molecule has 1 heterocycles. The molecule has 0 saturated carbocycles. The van der Waals surface area contributed by atoms with Gasteiger partial charge in [-0.05, 0) is 26.0 Å². The summed E-state index contributed by atoms with van der Waals surface area (Å²) in [5.41, 5.74) is -1.12. The van der Waals surface area contributed by atoms with Crippen molar-refractivity contribution in [2.75, 3.05) is 25.7 Å². The number of carbonyl (C=O) groups is 2. The van der Waals surface area contributed by atoms with Gasteiger partial charge in [0, 0.05) is 5.70 Å². The number of thioether (sulfide) groups is 1. The monoisotopic (exact) mass is 417 g/mol. The summed E-state index contributed by atoms with van der Waals surface area (Å²) < 4.78 is 55.7. The Balaban J connectivity index is 2.79. The number of alkyl halides is 3. The summed E-state index contributed by atoms with van der Waals surface area (Å²) in [6.07, 6.45) is -5.01. The number of allylic oxidation sites excluding steroid dienone is 1. The number of anilines is 1. The lowest BCUT2D eigenvalue weighted by Gasteiger charge is -2.25. The lowest BCUT2D eigenvalue weighted by Crippen LogP contribution is -2.28. The molecule has 1 aromatic carbocycles. The first-order valence-electron chi connectivity index (χ1n) is 8.06. The van der Waals surface area contributed by atoms with Crippen molar-refractivity contribution >= 4 is 29.4 Å². The van der Waals surface area contributed by atoms with E-state index in [1.807, 2.05) is 0 Å². The molecule has 0 aliphatic carbocycles. The van der Waals surface area contributed by atoms with E-state index in [0.29, 0.717) is 11.8 Å². The Morgan fingerprint density at radius 1 is 1.18 bits per heavy atom. The van der Waals surface area contributed by atoms with Crippen LogP contribution in [0, 0.1) is 0 Å². The number of para-hydroxylation sites is 2. The van der Waals surface area contributed by atoms with Crippen LogP contribution in [0.3, 0.4) is 0 Å². The van der Waals surface area contributed by atoms with Gasteiger partial charge in [-0.25, -0.2) is 9.59 Å². The van der Waals surface area contributed by atoms with E-state index in [-0.39, 0.29) is 28.6 Å². The van der Waals surface area contributed by atoms with Crippen LogP contribution < -0.4 is 9.64 Å². The van der Waals surface area contributed by atoms with Gasteiger partial charge in [0.25, 0.3) is 0 Å². The predicted octanol–water partition coefficient (Wildman–Crippen LogP) is 3.99. The summed E-state index contributed by atoms with van der Waals surface area (Å²) in [5, 5.41) is -0.510. The number of methoxy groups -OCH3 is 2. The highest BCUT2D eigenvalue weighted by molar-refractivity contribution is 8.08. The van der Waals surface area contributed by atoms with Gasteiger partial charge in [-0.3, -0.25) is 0 Å². The van der Waals surface area contributed by atoms with Gasteiger partial charge in [0.05, 0.1) is 26.5 Å². The Labute approximate surface area is 163 Å². The topological polar surface area (TPSA) is 65.1 Å². The van der Waals surface area contributed by atoms with Gasteiger partial charge in [0.2, 0.25) is 0 Å². The van der Waals surface area contributed by atoms with Crippen LogP contribution in [0.25, 0.3) is 0 Å². The molecule has 0 radical (unpaired) electrons. The third-order valence-electron chi connectivity index (χ3n) is 3.74. The molecule has 0 fully saturated rings. The van der Waals surface area contributed by atoms with Gasteiger partial charge in [-0.1, -0.05) is 23.9 Å². The number of benzene rings is 1. The van der Waals surface area contributed by atoms with E-state index < -0.39 is 28.7 Å². The van der Waals surface area contributed by atoms with Gasteiger partial charge < -0.3 is 19.1 Å². The van der Waals surface area contributed by atoms with Gasteiger partial charge in [-0.2, -0.15) is 13.2 Å². The van der Waals surface area contributed by atoms with Crippen molar-refractivity contribution in [1.29, 1.82) is 0 Å². The minimum atomic E-state index is -5.01. The fraction of sp³-hybridized carbons (Fsp3) is 0.333. The van der Waals surface area contributed by atoms with E-state index >= 15 is 0 Å². The van der Waals surface area contributed by atoms with Crippen molar-refractivity contribution in [3.05, 3.63) is 45.5 Å². The molecule has 0 N–H and O–H groups in total. The number of ether oxygens (including phenoxy) is 3. The highest BCUT2D eigenvalue weighted by atomic mass is 32.2. The molecule has 0 amide bonds. The lowest BCUT2D eigenvalue weighted by molar-refractivity contribution is -0.148. The Morgan fingerprint density at radius 2 is 1.82 bits per heavy atom. The molecule has 10 heteroatoms. The Hall–Kier alpha value is -2.62. The zero-order valence-electron chi connectivity index (χ0n) is 15.5. The van der Waals surface area contributed by atoms with E-state index in [2.05, 4.69) is 4.74 Å². The second-order valence-corrected chi connectivity index (χ2v) is 6.41. The Morgan fingerprint density at radius 3 is 2.36 bits per heavy atom. The van der Waals surface area contributed by atoms with Gasteiger partial charge >= 0.3 is 18.1 Å². The average molecular weight is 417 g/mol. The van der Waals surface area contributed by atoms with E-state index in [1.165, 1.54) is 20.1 Å². The summed E-state index contributed by atoms with van der Waals surface area (Å²) in [6.45, 7) is 3.09. The van der Waals surface area contributed by atoms with Crippen molar-refractivity contribution in [2.24, 2.45) is 0 Å². The van der Waals surface area contributed by atoms with E-state index in [4.69, 9.17) is 9.47 Å². The molecule has 0 aromatic heterocycles. The summed E-state index contributed by atoms with van der Waals surface area (Å²) in [5.74, 6) is -2.09. The summed E-state index contributed by atoms with van der Waals surface area (Å²) in [6, 6.07) is 6.31. The van der Waals surface area contributed by atoms with Crippen LogP contribution in [0.15, 0.2) is 45.5 Å². The number of rotatable bonds is 5. The average Bonchev–Trinajstić information content (AvgIpc) is 2.97. The minimum Gasteiger partial charge on any atom is -0.495 e. The van der Waals surface area contributed by atoms with Crippen LogP contribution in [-0.2, 0) is 19.1 Å². The number of halogens is 3. The molecule has 2 rings (SSSR count). The third kappa shape index (κ3) is 4.11. The van der Waals surface area contributed by atoms with Crippen LogP contribution in [0.5, 0.6) is 5.75 Å². The molecule has 0 saturated heterocycles. The molecule has 6 nitrogen and oxygen atoms in total. The molecule has 1 aliphatic heterocycles. The first-order valence-corrected chi connectivity index (χ1v) is 8.87. The number of nitrogens with zero attached hydrogens (tertiary/aromatic N) is 1. The normalized spacial score (nSPS) is 16.2. The summed E-state index contributed by atoms with van der Waals surface area (Å²) >= 11 is 0.502. The van der Waals surface area contributed by atoms with Crippen LogP contribution in [0.1, 0.15) is 13.8 Å². The number of hydrogen-bond acceptors (Lipinski definition) is 7. The molecule has 0 spiro atoms. The van der Waals surface area contributed by atoms with Crippen molar-refractivity contribution in [2.45, 2.75) is 20.0 Å². The zero-order chi connectivity index (χ0) is 21.1. The predicted molar refractivity (Wildman–Crippen MR) is 97.5 cm³/mol. The molecular formula is C18H18F3NO5S. The number of esters is 2. The van der Waals surface area contributed by atoms with Crippen LogP contribution in [0.4, 0.5) is 18.9 Å². The molecule has 1 aliphatic rings. The smallest absolute Gasteiger partial charge is 0.425 e. The maximum absolute atomic E-state index is 13.7. The number of carbonyl (C=O) groups excluding carboxylic acids is 2. The SMILES string of the molecule is CCOC(=O)C1=C(C)N(c2ccccc2OC)C(=C(C(=O)OC)C(F)(F)F)S1. The molecule has 0 unspecified atom stereocenters. The standard InChI is InChI=1S/C18H18F3NO5S/c1-5-27-17(24)14-10(2)22(11-8-6-7-9-12(11)25-3)15(28-14)13(16(23)26-4)18(19,20)21/h6-9H,5H2,1-4H3. The van der Waals surface area contributed by atoms with Crippen molar-refractivity contribution < 1.29 is 37.0 Å². The Kier molecular flexibility index (Phi) is 6.65. The second-order valence-electron chi connectivity index (χ2n) is 5.41. The second kappa shape index (κ2) is 8.59. The molecule has 0 bridgehead atoms.